The molecule has 2 aromatic carbocycles. The lowest BCUT2D eigenvalue weighted by atomic mass is 10.2. The van der Waals surface area contributed by atoms with Gasteiger partial charge in [-0.15, -0.1) is 0 Å². The van der Waals surface area contributed by atoms with Gasteiger partial charge in [0.15, 0.2) is 5.11 Å². The SMILES string of the molecule is CCCCN(CCCC)C(=S)N(C(=S)c1ccccc1)c1ccccc1. The van der Waals surface area contributed by atoms with Crippen molar-refractivity contribution in [1.29, 1.82) is 0 Å². The predicted molar refractivity (Wildman–Crippen MR) is 121 cm³/mol. The van der Waals surface area contributed by atoms with Crippen LogP contribution in [-0.2, 0) is 0 Å². The van der Waals surface area contributed by atoms with Crippen molar-refractivity contribution in [3.8, 4) is 0 Å². The molecule has 0 fully saturated rings. The van der Waals surface area contributed by atoms with E-state index in [1.54, 1.807) is 0 Å². The first-order valence-electron chi connectivity index (χ1n) is 9.42. The summed E-state index contributed by atoms with van der Waals surface area (Å²) in [7, 11) is 0. The number of rotatable bonds is 8. The molecule has 0 aliphatic rings. The maximum absolute atomic E-state index is 5.95. The summed E-state index contributed by atoms with van der Waals surface area (Å²) >= 11 is 11.8. The second-order valence-corrected chi connectivity index (χ2v) is 7.07. The van der Waals surface area contributed by atoms with Crippen molar-refractivity contribution in [3.63, 3.8) is 0 Å². The molecule has 0 spiro atoms. The molecule has 2 rings (SSSR count). The molecule has 0 amide bonds. The summed E-state index contributed by atoms with van der Waals surface area (Å²) in [6, 6.07) is 20.3. The van der Waals surface area contributed by atoms with E-state index in [0.717, 1.165) is 60.1 Å². The van der Waals surface area contributed by atoms with Crippen LogP contribution in [0.3, 0.4) is 0 Å². The Hall–Kier alpha value is -1.78. The van der Waals surface area contributed by atoms with Crippen LogP contribution in [0.4, 0.5) is 5.69 Å². The van der Waals surface area contributed by atoms with Gasteiger partial charge in [-0.25, -0.2) is 0 Å². The van der Waals surface area contributed by atoms with Crippen LogP contribution < -0.4 is 4.90 Å². The highest BCUT2D eigenvalue weighted by atomic mass is 32.1. The Bertz CT molecular complexity index is 678. The summed E-state index contributed by atoms with van der Waals surface area (Å²) in [5.74, 6) is 0. The smallest absolute Gasteiger partial charge is 0.181 e. The van der Waals surface area contributed by atoms with Gasteiger partial charge in [0.05, 0.1) is 0 Å². The molecule has 0 heterocycles. The maximum atomic E-state index is 5.95. The molecule has 2 nitrogen and oxygen atoms in total. The molecular formula is C22H28N2S2. The number of nitrogens with zero attached hydrogens (tertiary/aromatic N) is 2. The van der Waals surface area contributed by atoms with Crippen LogP contribution >= 0.6 is 24.4 Å². The van der Waals surface area contributed by atoms with E-state index in [9.17, 15) is 0 Å². The van der Waals surface area contributed by atoms with Crippen LogP contribution in [0.5, 0.6) is 0 Å². The number of thiocarbonyl (C=S) groups is 2. The standard InChI is InChI=1S/C22H28N2S2/c1-3-5-17-23(18-6-4-2)22(26)24(20-15-11-8-12-16-20)21(25)19-13-9-7-10-14-19/h7-16H,3-6,17-18H2,1-2H3. The fraction of sp³-hybridized carbons (Fsp3) is 0.364. The van der Waals surface area contributed by atoms with Crippen molar-refractivity contribution in [1.82, 2.24) is 4.90 Å². The molecule has 0 saturated heterocycles. The average Bonchev–Trinajstić information content (AvgIpc) is 2.69. The van der Waals surface area contributed by atoms with Crippen molar-refractivity contribution in [2.75, 3.05) is 18.0 Å². The van der Waals surface area contributed by atoms with Crippen molar-refractivity contribution >= 4 is 40.2 Å². The number of hydrogen-bond donors (Lipinski definition) is 0. The third-order valence-corrected chi connectivity index (χ3v) is 5.12. The molecule has 0 aliphatic heterocycles. The van der Waals surface area contributed by atoms with Gasteiger partial charge in [-0.2, -0.15) is 0 Å². The van der Waals surface area contributed by atoms with E-state index in [-0.39, 0.29) is 0 Å². The zero-order chi connectivity index (χ0) is 18.8. The van der Waals surface area contributed by atoms with E-state index in [2.05, 4.69) is 30.9 Å². The van der Waals surface area contributed by atoms with Crippen LogP contribution in [0.25, 0.3) is 0 Å². The second-order valence-electron chi connectivity index (χ2n) is 6.32. The van der Waals surface area contributed by atoms with Gasteiger partial charge in [-0.1, -0.05) is 87.4 Å². The summed E-state index contributed by atoms with van der Waals surface area (Å²) in [6.45, 7) is 6.36. The van der Waals surface area contributed by atoms with Crippen LogP contribution in [-0.4, -0.2) is 28.1 Å². The molecule has 0 unspecified atom stereocenters. The number of hydrogen-bond acceptors (Lipinski definition) is 2. The third-order valence-electron chi connectivity index (χ3n) is 4.26. The van der Waals surface area contributed by atoms with Gasteiger partial charge in [0, 0.05) is 24.3 Å². The average molecular weight is 385 g/mol. The van der Waals surface area contributed by atoms with Crippen molar-refractivity contribution in [2.45, 2.75) is 39.5 Å². The van der Waals surface area contributed by atoms with E-state index in [4.69, 9.17) is 24.4 Å². The summed E-state index contributed by atoms with van der Waals surface area (Å²) in [5, 5.41) is 0.798. The normalized spacial score (nSPS) is 10.4. The summed E-state index contributed by atoms with van der Waals surface area (Å²) in [5.41, 5.74) is 2.03. The van der Waals surface area contributed by atoms with Gasteiger partial charge in [0.25, 0.3) is 0 Å². The van der Waals surface area contributed by atoms with Crippen molar-refractivity contribution in [3.05, 3.63) is 66.2 Å². The molecular weight excluding hydrogens is 356 g/mol. The van der Waals surface area contributed by atoms with Gasteiger partial charge in [-0.3, -0.25) is 4.90 Å². The summed E-state index contributed by atoms with van der Waals surface area (Å²) in [6.07, 6.45) is 4.56. The minimum Gasteiger partial charge on any atom is -0.349 e. The van der Waals surface area contributed by atoms with Crippen LogP contribution in [0, 0.1) is 0 Å². The Kier molecular flexibility index (Phi) is 8.72. The Morgan fingerprint density at radius 1 is 0.769 bits per heavy atom. The highest BCUT2D eigenvalue weighted by molar-refractivity contribution is 7.82. The third kappa shape index (κ3) is 5.61. The molecule has 0 radical (unpaired) electrons. The fourth-order valence-electron chi connectivity index (χ4n) is 2.74. The second kappa shape index (κ2) is 11.0. The molecule has 26 heavy (non-hydrogen) atoms. The summed E-state index contributed by atoms with van der Waals surface area (Å²) in [4.78, 5) is 5.11. The highest BCUT2D eigenvalue weighted by Gasteiger charge is 2.22. The molecule has 0 N–H and O–H groups in total. The van der Waals surface area contributed by atoms with E-state index in [0.29, 0.717) is 0 Å². The monoisotopic (exact) mass is 384 g/mol. The summed E-state index contributed by atoms with van der Waals surface area (Å²) < 4.78 is 0. The van der Waals surface area contributed by atoms with E-state index in [1.807, 2.05) is 53.4 Å². The Balaban J connectivity index is 2.35. The van der Waals surface area contributed by atoms with Gasteiger partial charge in [-0.05, 0) is 37.2 Å². The lowest BCUT2D eigenvalue weighted by Crippen LogP contribution is -2.46. The van der Waals surface area contributed by atoms with E-state index < -0.39 is 0 Å². The lowest BCUT2D eigenvalue weighted by molar-refractivity contribution is 0.401. The van der Waals surface area contributed by atoms with Gasteiger partial charge in [0.2, 0.25) is 0 Å². The molecule has 0 aliphatic carbocycles. The number of unbranched alkanes of at least 4 members (excludes halogenated alkanes) is 2. The van der Waals surface area contributed by atoms with E-state index in [1.165, 1.54) is 0 Å². The maximum Gasteiger partial charge on any atom is 0.181 e. The number of para-hydroxylation sites is 1. The van der Waals surface area contributed by atoms with E-state index >= 15 is 0 Å². The molecule has 138 valence electrons. The number of benzene rings is 2. The van der Waals surface area contributed by atoms with Gasteiger partial charge in [0.1, 0.15) is 4.99 Å². The first-order valence-corrected chi connectivity index (χ1v) is 10.2. The molecule has 2 aromatic rings. The lowest BCUT2D eigenvalue weighted by Gasteiger charge is -2.34. The first-order chi connectivity index (χ1) is 12.7. The molecule has 0 bridgehead atoms. The minimum atomic E-state index is 0.750. The molecule has 4 heteroatoms. The largest absolute Gasteiger partial charge is 0.349 e. The van der Waals surface area contributed by atoms with Crippen LogP contribution in [0.1, 0.15) is 45.1 Å². The van der Waals surface area contributed by atoms with Crippen molar-refractivity contribution in [2.24, 2.45) is 0 Å². The quantitative estimate of drug-likeness (QED) is 0.510. The Labute approximate surface area is 168 Å². The molecule has 0 atom stereocenters. The fourth-order valence-corrected chi connectivity index (χ4v) is 3.51. The minimum absolute atomic E-state index is 0.750. The number of anilines is 1. The zero-order valence-corrected chi connectivity index (χ0v) is 17.4. The van der Waals surface area contributed by atoms with Gasteiger partial charge < -0.3 is 4.90 Å². The van der Waals surface area contributed by atoms with Gasteiger partial charge >= 0.3 is 0 Å². The van der Waals surface area contributed by atoms with Crippen LogP contribution in [0.15, 0.2) is 60.7 Å². The Morgan fingerprint density at radius 3 is 1.77 bits per heavy atom. The predicted octanol–water partition coefficient (Wildman–Crippen LogP) is 6.06. The Morgan fingerprint density at radius 2 is 1.27 bits per heavy atom. The van der Waals surface area contributed by atoms with Crippen LogP contribution in [0.2, 0.25) is 0 Å². The topological polar surface area (TPSA) is 6.48 Å². The zero-order valence-electron chi connectivity index (χ0n) is 15.7. The first kappa shape index (κ1) is 20.5. The van der Waals surface area contributed by atoms with Crippen molar-refractivity contribution < 1.29 is 0 Å². The molecule has 0 aromatic heterocycles. The highest BCUT2D eigenvalue weighted by Crippen LogP contribution is 2.21. The molecule has 0 saturated carbocycles.